The van der Waals surface area contributed by atoms with Gasteiger partial charge in [0.1, 0.15) is 47.3 Å². The number of benzene rings is 2. The largest absolute Gasteiger partial charge is 0.508 e. The van der Waals surface area contributed by atoms with E-state index in [1.807, 2.05) is 20.8 Å². The Morgan fingerprint density at radius 2 is 0.967 bits per heavy atom. The number of nitrogens with two attached hydrogens (primary N) is 1. The van der Waals surface area contributed by atoms with Crippen LogP contribution in [-0.4, -0.2) is 181 Å². The van der Waals surface area contributed by atoms with E-state index in [0.29, 0.717) is 69.7 Å². The molecule has 6 aliphatic rings. The molecule has 0 radical (unpaired) electrons. The van der Waals surface area contributed by atoms with Gasteiger partial charge in [0, 0.05) is 71.9 Å². The number of phenolic OH excluding ortho intramolecular Hbond substituents is 2. The summed E-state index contributed by atoms with van der Waals surface area (Å²) in [6.45, 7) is 17.7. The van der Waals surface area contributed by atoms with Crippen molar-refractivity contribution in [2.24, 2.45) is 27.4 Å². The fourth-order valence-electron chi connectivity index (χ4n) is 12.4. The lowest BCUT2D eigenvalue weighted by Crippen LogP contribution is -2.56. The predicted octanol–water partition coefficient (Wildman–Crippen LogP) is 6.87. The first-order valence-electron chi connectivity index (χ1n) is 31.3. The van der Waals surface area contributed by atoms with E-state index in [1.165, 1.54) is 48.1 Å². The summed E-state index contributed by atoms with van der Waals surface area (Å²) in [5.74, 6) is -3.52. The Kier molecular flexibility index (Phi) is 28.2. The third-order valence-electron chi connectivity index (χ3n) is 17.3. The van der Waals surface area contributed by atoms with Gasteiger partial charge in [-0.15, -0.1) is 12.4 Å². The molecule has 2 saturated carbocycles. The van der Waals surface area contributed by atoms with Gasteiger partial charge in [-0.3, -0.25) is 33.6 Å². The number of nitrogens with zero attached hydrogens (tertiary/aromatic N) is 2. The van der Waals surface area contributed by atoms with Crippen LogP contribution < -0.4 is 32.3 Å². The molecule has 0 bridgehead atoms. The fraction of sp³-hybridized carbons (Fsp3) is 0.656. The monoisotopic (exact) mass is 1380 g/mol. The number of carboxylic acids is 2. The molecule has 4 aliphatic heterocycles. The van der Waals surface area contributed by atoms with E-state index in [-0.39, 0.29) is 83.3 Å². The summed E-state index contributed by atoms with van der Waals surface area (Å²) in [5.41, 5.74) is 4.36. The van der Waals surface area contributed by atoms with Crippen molar-refractivity contribution in [2.45, 2.75) is 193 Å². The highest BCUT2D eigenvalue weighted by Crippen LogP contribution is 2.44. The van der Waals surface area contributed by atoms with Crippen molar-refractivity contribution < 1.29 is 73.1 Å². The maximum absolute atomic E-state index is 14.0. The third-order valence-corrected chi connectivity index (χ3v) is 22.2. The molecule has 2 aliphatic carbocycles. The zero-order valence-electron chi connectivity index (χ0n) is 54.2. The Bertz CT molecular complexity index is 2910. The Balaban J connectivity index is 0.000000269. The molecule has 2 spiro atoms. The second-order valence-electron chi connectivity index (χ2n) is 27.5. The predicted molar refractivity (Wildman–Crippen MR) is 360 cm³/mol. The molecule has 2 aromatic rings. The first-order valence-corrected chi connectivity index (χ1v) is 36.3. The Morgan fingerprint density at radius 1 is 0.565 bits per heavy atom. The summed E-state index contributed by atoms with van der Waals surface area (Å²) in [6, 6.07) is 8.10. The molecule has 0 aromatic heterocycles. The summed E-state index contributed by atoms with van der Waals surface area (Å²) in [6.07, 6.45) is 8.54. The third kappa shape index (κ3) is 20.9. The van der Waals surface area contributed by atoms with Crippen molar-refractivity contribution in [3.05, 3.63) is 59.7 Å². The number of hydrogen-bond donors (Lipinski definition) is 10. The van der Waals surface area contributed by atoms with Crippen LogP contribution in [0.25, 0.3) is 0 Å². The number of amides is 7. The summed E-state index contributed by atoms with van der Waals surface area (Å²) >= 11 is 0. The number of likely N-dealkylation sites (tertiary alicyclic amines) is 2. The molecule has 6 fully saturated rings. The number of aliphatic carboxylic acids is 2. The normalized spacial score (nSPS) is 25.8. The highest BCUT2D eigenvalue weighted by atomic mass is 35.5. The Labute approximate surface area is 561 Å². The molecule has 4 saturated heterocycles. The number of ether oxygens (including phenoxy) is 1. The van der Waals surface area contributed by atoms with Gasteiger partial charge >= 0.3 is 17.9 Å². The maximum atomic E-state index is 14.0. The molecule has 2 aromatic carbocycles. The van der Waals surface area contributed by atoms with Crippen molar-refractivity contribution in [1.82, 2.24) is 36.4 Å². The minimum Gasteiger partial charge on any atom is -0.508 e. The number of rotatable bonds is 7. The topological polar surface area (TPSA) is 353 Å². The van der Waals surface area contributed by atoms with Crippen molar-refractivity contribution >= 4 is 115 Å². The van der Waals surface area contributed by atoms with Crippen LogP contribution in [0.1, 0.15) is 162 Å². The lowest BCUT2D eigenvalue weighted by atomic mass is 9.81. The number of nitrogens with one attached hydrogen (secondary N) is 5. The van der Waals surface area contributed by atoms with Crippen molar-refractivity contribution in [3.8, 4) is 11.5 Å². The zero-order chi connectivity index (χ0) is 67.2. The molecule has 7 amide bonds. The second kappa shape index (κ2) is 33.7. The maximum Gasteiger partial charge on any atom is 0.330 e. The number of carbonyl (C=O) groups excluding carboxylic acids is 8. The minimum absolute atomic E-state index is 0. The lowest BCUT2D eigenvalue weighted by molar-refractivity contribution is -0.158. The number of carbonyl (C=O) groups is 10. The molecule has 92 heavy (non-hydrogen) atoms. The van der Waals surface area contributed by atoms with Crippen molar-refractivity contribution in [3.63, 3.8) is 0 Å². The van der Waals surface area contributed by atoms with Crippen LogP contribution in [0.3, 0.4) is 0 Å². The highest BCUT2D eigenvalue weighted by molar-refractivity contribution is 8.77. The molecule has 4 heterocycles. The van der Waals surface area contributed by atoms with Crippen LogP contribution >= 0.6 is 55.6 Å². The number of carboxylic acid groups (broad SMARTS) is 2. The second-order valence-corrected chi connectivity index (χ2v) is 32.6. The van der Waals surface area contributed by atoms with Gasteiger partial charge in [0.15, 0.2) is 0 Å². The minimum atomic E-state index is -1.12. The molecular weight excluding hydrogens is 1280 g/mol. The summed E-state index contributed by atoms with van der Waals surface area (Å²) in [4.78, 5) is 131. The van der Waals surface area contributed by atoms with E-state index in [9.17, 15) is 68.4 Å². The van der Waals surface area contributed by atoms with Gasteiger partial charge < -0.3 is 67.3 Å². The fourth-order valence-corrected chi connectivity index (χ4v) is 17.0. The van der Waals surface area contributed by atoms with Gasteiger partial charge in [-0.05, 0) is 108 Å². The summed E-state index contributed by atoms with van der Waals surface area (Å²) < 4.78 is 5.50. The van der Waals surface area contributed by atoms with Gasteiger partial charge in [0.05, 0.1) is 16.9 Å². The molecular formula is C64H95ClN8O15S4. The van der Waals surface area contributed by atoms with Crippen molar-refractivity contribution in [2.75, 3.05) is 49.2 Å². The number of esters is 1. The number of halogens is 1. The molecule has 8 atom stereocenters. The van der Waals surface area contributed by atoms with Crippen LogP contribution in [0.4, 0.5) is 0 Å². The van der Waals surface area contributed by atoms with Crippen LogP contribution in [-0.2, 0) is 52.7 Å². The van der Waals surface area contributed by atoms with E-state index in [1.54, 1.807) is 95.0 Å². The SMILES string of the molecule is CC(C)(C)C(=O)N1CCC(c2ccc(O)cc2)C1C(=O)NC1CSSCC(C(=O)O)NC(=O)C2(CCCC2)CCNC1=O.CC(C)(C)C(=O)N1CCC(c2ccc(O)cc2)C1C(=O)O.CC(C)(C)OC(=O)C1CSSCC(N)C(=O)NCCC2(CCCC2)C(=O)N1.Cl. The number of aromatic hydroxyl groups is 2. The van der Waals surface area contributed by atoms with E-state index in [2.05, 4.69) is 26.6 Å². The summed E-state index contributed by atoms with van der Waals surface area (Å²) in [5, 5.41) is 52.7. The van der Waals surface area contributed by atoms with E-state index in [0.717, 1.165) is 49.7 Å². The molecule has 28 heteroatoms. The van der Waals surface area contributed by atoms with E-state index in [4.69, 9.17) is 10.5 Å². The number of hydrogen-bond acceptors (Lipinski definition) is 18. The van der Waals surface area contributed by atoms with Gasteiger partial charge in [0.25, 0.3) is 0 Å². The molecule has 8 unspecified atom stereocenters. The lowest BCUT2D eigenvalue weighted by Gasteiger charge is -2.33. The summed E-state index contributed by atoms with van der Waals surface area (Å²) in [7, 11) is 5.30. The Hall–Kier alpha value is -5.61. The standard InChI is InChI=1S/C30H42N4O7S2.C18H31N3O4S2.C16H21NO4.ClH/c1-29(2,3)28(41)34-15-10-20(18-6-8-19(35)9-7-18)23(34)25(37)32-21-16-42-43-17-22(26(38)39)33-27(40)30(11-4-5-12-30)13-14-31-24(21)36;1-17(2,3)25-15(23)13-11-27-26-10-12(19)14(22)20-9-8-18(16(24)21-13)6-4-5-7-18;1-16(2,3)15(21)17-9-8-12(13(17)14(19)20)10-4-6-11(18)7-5-10;/h6-9,20-23,35H,4-5,10-17H2,1-3H3,(H,31,36)(H,32,37)(H,33,40)(H,38,39);12-13H,4-11,19H2,1-3H3,(H,20,22)(H,21,24);4-7,12-13,18H,8-9H2,1-3H3,(H,19,20);1H. The Morgan fingerprint density at radius 3 is 1.40 bits per heavy atom. The van der Waals surface area contributed by atoms with Crippen LogP contribution in [0.5, 0.6) is 11.5 Å². The van der Waals surface area contributed by atoms with Gasteiger partial charge in [0.2, 0.25) is 41.4 Å². The molecule has 23 nitrogen and oxygen atoms in total. The quantitative estimate of drug-likeness (QED) is 0.0998. The number of phenols is 2. The molecule has 8 rings (SSSR count). The first-order chi connectivity index (χ1) is 42.7. The average Bonchev–Trinajstić information content (AvgIpc) is 1.63. The molecule has 512 valence electrons. The van der Waals surface area contributed by atoms with E-state index >= 15 is 0 Å². The molecule has 11 N–H and O–H groups in total. The van der Waals surface area contributed by atoms with Crippen molar-refractivity contribution in [1.29, 1.82) is 0 Å². The average molecular weight is 1380 g/mol. The van der Waals surface area contributed by atoms with E-state index < -0.39 is 93.2 Å². The van der Waals surface area contributed by atoms with Crippen LogP contribution in [0, 0.1) is 21.7 Å². The van der Waals surface area contributed by atoms with Crippen LogP contribution in [0.2, 0.25) is 0 Å². The van der Waals surface area contributed by atoms with Crippen LogP contribution in [0.15, 0.2) is 48.5 Å². The highest BCUT2D eigenvalue weighted by Gasteiger charge is 2.49. The first kappa shape index (κ1) is 77.1. The van der Waals surface area contributed by atoms with Gasteiger partial charge in [-0.2, -0.15) is 0 Å². The van der Waals surface area contributed by atoms with Gasteiger partial charge in [-0.1, -0.05) is 135 Å². The zero-order valence-corrected chi connectivity index (χ0v) is 58.3. The van der Waals surface area contributed by atoms with Gasteiger partial charge in [-0.25, -0.2) is 14.4 Å². The smallest absolute Gasteiger partial charge is 0.330 e.